The van der Waals surface area contributed by atoms with Crippen molar-refractivity contribution in [2.24, 2.45) is 0 Å². The van der Waals surface area contributed by atoms with Crippen molar-refractivity contribution in [1.82, 2.24) is 5.32 Å². The number of rotatable bonds is 2. The highest BCUT2D eigenvalue weighted by Gasteiger charge is 1.98. The molecule has 0 aliphatic rings. The molecule has 0 atom stereocenters. The molecule has 1 N–H and O–H groups in total. The van der Waals surface area contributed by atoms with E-state index in [9.17, 15) is 14.9 Å². The molecule has 1 rings (SSSR count). The molecule has 5 heteroatoms. The third kappa shape index (κ3) is 7.18. The molecule has 1 aromatic rings. The maximum atomic E-state index is 10.0. The molecule has 0 radical (unpaired) electrons. The first-order chi connectivity index (χ1) is 7.07. The van der Waals surface area contributed by atoms with Crippen molar-refractivity contribution < 1.29 is 9.72 Å². The summed E-state index contributed by atoms with van der Waals surface area (Å²) in [5.74, 6) is 0.0394. The van der Waals surface area contributed by atoms with Crippen molar-refractivity contribution in [3.05, 3.63) is 40.4 Å². The van der Waals surface area contributed by atoms with E-state index in [0.29, 0.717) is 0 Å². The second-order valence-electron chi connectivity index (χ2n) is 2.68. The number of nitro groups is 1. The van der Waals surface area contributed by atoms with Crippen molar-refractivity contribution in [3.8, 4) is 0 Å². The molecule has 0 aliphatic heterocycles. The fourth-order valence-corrected chi connectivity index (χ4v) is 0.799. The lowest BCUT2D eigenvalue weighted by Crippen LogP contribution is -2.18. The Morgan fingerprint density at radius 3 is 2.13 bits per heavy atom. The Kier molecular flexibility index (Phi) is 6.54. The molecule has 0 aromatic heterocycles. The summed E-state index contributed by atoms with van der Waals surface area (Å²) in [6, 6.07) is 7.93. The summed E-state index contributed by atoms with van der Waals surface area (Å²) in [6.07, 6.45) is 0. The number of amides is 1. The Labute approximate surface area is 88.3 Å². The van der Waals surface area contributed by atoms with E-state index < -0.39 is 4.92 Å². The van der Waals surface area contributed by atoms with Crippen molar-refractivity contribution in [3.63, 3.8) is 0 Å². The summed E-state index contributed by atoms with van der Waals surface area (Å²) in [7, 11) is 0. The molecule has 0 heterocycles. The number of carbonyl (C=O) groups is 1. The first kappa shape index (κ1) is 13.1. The molecule has 0 unspecified atom stereocenters. The standard InChI is InChI=1S/C6H5NO2.C4H9NO/c8-7(9)6-4-2-1-3-5-6;1-3-5-4(2)6/h1-5H;3H2,1-2H3,(H,5,6). The second kappa shape index (κ2) is 7.49. The highest BCUT2D eigenvalue weighted by molar-refractivity contribution is 5.72. The maximum Gasteiger partial charge on any atom is 0.269 e. The molecule has 15 heavy (non-hydrogen) atoms. The second-order valence-corrected chi connectivity index (χ2v) is 2.68. The Morgan fingerprint density at radius 1 is 1.40 bits per heavy atom. The average molecular weight is 210 g/mol. The number of non-ortho nitro benzene ring substituents is 1. The minimum atomic E-state index is -0.417. The van der Waals surface area contributed by atoms with Crippen LogP contribution in [0.15, 0.2) is 30.3 Å². The van der Waals surface area contributed by atoms with Gasteiger partial charge >= 0.3 is 0 Å². The molecule has 0 spiro atoms. The lowest BCUT2D eigenvalue weighted by Gasteiger charge is -1.88. The van der Waals surface area contributed by atoms with Gasteiger partial charge in [0.25, 0.3) is 5.69 Å². The topological polar surface area (TPSA) is 72.2 Å². The van der Waals surface area contributed by atoms with Gasteiger partial charge in [0.1, 0.15) is 0 Å². The zero-order valence-electron chi connectivity index (χ0n) is 8.77. The molecule has 1 aromatic carbocycles. The predicted molar refractivity (Wildman–Crippen MR) is 57.5 cm³/mol. The van der Waals surface area contributed by atoms with Gasteiger partial charge in [-0.05, 0) is 6.92 Å². The fraction of sp³-hybridized carbons (Fsp3) is 0.300. The minimum Gasteiger partial charge on any atom is -0.357 e. The highest BCUT2D eigenvalue weighted by Crippen LogP contribution is 2.06. The van der Waals surface area contributed by atoms with E-state index in [4.69, 9.17) is 0 Å². The van der Waals surface area contributed by atoms with E-state index in [1.54, 1.807) is 18.2 Å². The number of nitrogens with zero attached hydrogens (tertiary/aromatic N) is 1. The third-order valence-corrected chi connectivity index (χ3v) is 1.39. The van der Waals surface area contributed by atoms with Gasteiger partial charge in [0.15, 0.2) is 0 Å². The van der Waals surface area contributed by atoms with Gasteiger partial charge in [-0.1, -0.05) is 18.2 Å². The van der Waals surface area contributed by atoms with E-state index in [1.807, 2.05) is 6.92 Å². The van der Waals surface area contributed by atoms with E-state index in [0.717, 1.165) is 6.54 Å². The number of carbonyl (C=O) groups excluding carboxylic acids is 1. The normalized spacial score (nSPS) is 8.40. The van der Waals surface area contributed by atoms with E-state index >= 15 is 0 Å². The zero-order valence-corrected chi connectivity index (χ0v) is 8.77. The van der Waals surface area contributed by atoms with Gasteiger partial charge in [-0.25, -0.2) is 0 Å². The van der Waals surface area contributed by atoms with Crippen LogP contribution in [0, 0.1) is 10.1 Å². The van der Waals surface area contributed by atoms with Gasteiger partial charge in [0.05, 0.1) is 4.92 Å². The maximum absolute atomic E-state index is 10.0. The fourth-order valence-electron chi connectivity index (χ4n) is 0.799. The number of nitro benzene ring substituents is 1. The Bertz CT molecular complexity index is 312. The average Bonchev–Trinajstić information content (AvgIpc) is 2.20. The van der Waals surface area contributed by atoms with Crippen LogP contribution in [0.5, 0.6) is 0 Å². The van der Waals surface area contributed by atoms with Gasteiger partial charge in [-0.3, -0.25) is 14.9 Å². The Morgan fingerprint density at radius 2 is 1.93 bits per heavy atom. The van der Waals surface area contributed by atoms with E-state index in [2.05, 4.69) is 5.32 Å². The molecule has 0 fully saturated rings. The van der Waals surface area contributed by atoms with Crippen molar-refractivity contribution >= 4 is 11.6 Å². The number of benzene rings is 1. The monoisotopic (exact) mass is 210 g/mol. The van der Waals surface area contributed by atoms with Crippen LogP contribution >= 0.6 is 0 Å². The van der Waals surface area contributed by atoms with Gasteiger partial charge in [0, 0.05) is 25.6 Å². The van der Waals surface area contributed by atoms with Gasteiger partial charge in [-0.15, -0.1) is 0 Å². The summed E-state index contributed by atoms with van der Waals surface area (Å²) in [5.41, 5.74) is 0.137. The Balaban J connectivity index is 0.000000288. The molecule has 0 bridgehead atoms. The van der Waals surface area contributed by atoms with Crippen molar-refractivity contribution in [2.45, 2.75) is 13.8 Å². The lowest BCUT2D eigenvalue weighted by atomic mass is 10.3. The molecule has 0 aliphatic carbocycles. The summed E-state index contributed by atoms with van der Waals surface area (Å²) in [6.45, 7) is 4.13. The highest BCUT2D eigenvalue weighted by atomic mass is 16.6. The molecular formula is C10H14N2O3. The first-order valence-corrected chi connectivity index (χ1v) is 4.51. The van der Waals surface area contributed by atoms with E-state index in [-0.39, 0.29) is 11.6 Å². The molecule has 0 saturated heterocycles. The quantitative estimate of drug-likeness (QED) is 0.596. The molecular weight excluding hydrogens is 196 g/mol. The van der Waals surface area contributed by atoms with Crippen LogP contribution < -0.4 is 5.32 Å². The summed E-state index contributed by atoms with van der Waals surface area (Å²) in [5, 5.41) is 12.6. The van der Waals surface area contributed by atoms with Gasteiger partial charge in [-0.2, -0.15) is 0 Å². The number of nitrogens with one attached hydrogen (secondary N) is 1. The number of hydrogen-bond acceptors (Lipinski definition) is 3. The summed E-state index contributed by atoms with van der Waals surface area (Å²) >= 11 is 0. The zero-order chi connectivity index (χ0) is 11.7. The van der Waals surface area contributed by atoms with Crippen LogP contribution in [0.2, 0.25) is 0 Å². The molecule has 0 saturated carbocycles. The predicted octanol–water partition coefficient (Wildman–Crippen LogP) is 1.74. The van der Waals surface area contributed by atoms with Crippen LogP contribution in [0.25, 0.3) is 0 Å². The summed E-state index contributed by atoms with van der Waals surface area (Å²) < 4.78 is 0. The largest absolute Gasteiger partial charge is 0.357 e. The van der Waals surface area contributed by atoms with Crippen LogP contribution in [-0.2, 0) is 4.79 Å². The van der Waals surface area contributed by atoms with Gasteiger partial charge in [0.2, 0.25) is 5.91 Å². The Hall–Kier alpha value is -1.91. The lowest BCUT2D eigenvalue weighted by molar-refractivity contribution is -0.384. The molecule has 5 nitrogen and oxygen atoms in total. The third-order valence-electron chi connectivity index (χ3n) is 1.39. The van der Waals surface area contributed by atoms with Gasteiger partial charge < -0.3 is 5.32 Å². The van der Waals surface area contributed by atoms with Crippen LogP contribution in [0.3, 0.4) is 0 Å². The first-order valence-electron chi connectivity index (χ1n) is 4.51. The van der Waals surface area contributed by atoms with Crippen LogP contribution in [0.1, 0.15) is 13.8 Å². The molecule has 1 amide bonds. The number of para-hydroxylation sites is 1. The van der Waals surface area contributed by atoms with Crippen LogP contribution in [0.4, 0.5) is 5.69 Å². The van der Waals surface area contributed by atoms with Crippen molar-refractivity contribution in [2.75, 3.05) is 6.54 Å². The summed E-state index contributed by atoms with van der Waals surface area (Å²) in [4.78, 5) is 19.5. The molecule has 82 valence electrons. The SMILES string of the molecule is CCNC(C)=O.O=[N+]([O-])c1ccccc1. The number of hydrogen-bond donors (Lipinski definition) is 1. The van der Waals surface area contributed by atoms with Crippen molar-refractivity contribution in [1.29, 1.82) is 0 Å². The minimum absolute atomic E-state index is 0.0394. The van der Waals surface area contributed by atoms with Crippen LogP contribution in [-0.4, -0.2) is 17.4 Å². The smallest absolute Gasteiger partial charge is 0.269 e. The van der Waals surface area contributed by atoms with E-state index in [1.165, 1.54) is 19.1 Å².